The minimum atomic E-state index is -0.850. The van der Waals surface area contributed by atoms with E-state index in [1.807, 2.05) is 0 Å². The van der Waals surface area contributed by atoms with Gasteiger partial charge < -0.3 is 10.1 Å². The lowest BCUT2D eigenvalue weighted by Crippen LogP contribution is -2.48. The van der Waals surface area contributed by atoms with E-state index in [0.717, 1.165) is 0 Å². The number of ether oxygens (including phenoxy) is 1. The number of amides is 3. The first-order valence-corrected chi connectivity index (χ1v) is 5.50. The average Bonchev–Trinajstić information content (AvgIpc) is 2.88. The summed E-state index contributed by atoms with van der Waals surface area (Å²) in [6.07, 6.45) is 3.23. The number of rotatable bonds is 2. The molecule has 2 saturated heterocycles. The zero-order valence-electron chi connectivity index (χ0n) is 9.23. The summed E-state index contributed by atoms with van der Waals surface area (Å²) in [5, 5.41) is 4.97. The van der Waals surface area contributed by atoms with Crippen LogP contribution >= 0.6 is 0 Å². The van der Waals surface area contributed by atoms with Crippen molar-refractivity contribution in [1.29, 1.82) is 0 Å². The van der Waals surface area contributed by atoms with Crippen molar-refractivity contribution in [1.82, 2.24) is 10.6 Å². The molecule has 0 aromatic carbocycles. The number of fused-ring (bicyclic) bond motifs is 5. The first-order valence-electron chi connectivity index (χ1n) is 5.50. The van der Waals surface area contributed by atoms with Gasteiger partial charge in [-0.1, -0.05) is 12.2 Å². The van der Waals surface area contributed by atoms with Gasteiger partial charge in [-0.25, -0.2) is 0 Å². The van der Waals surface area contributed by atoms with E-state index in [4.69, 9.17) is 4.74 Å². The molecule has 3 heterocycles. The van der Waals surface area contributed by atoms with Crippen molar-refractivity contribution >= 4 is 17.7 Å². The van der Waals surface area contributed by atoms with Crippen molar-refractivity contribution < 1.29 is 19.1 Å². The fraction of sp³-hybridized carbons (Fsp3) is 0.545. The van der Waals surface area contributed by atoms with Gasteiger partial charge in [-0.3, -0.25) is 19.7 Å². The number of imide groups is 1. The Kier molecular flexibility index (Phi) is 1.95. The van der Waals surface area contributed by atoms with E-state index in [2.05, 4.69) is 10.6 Å². The molecule has 0 aromatic heterocycles. The Bertz CT molecular complexity index is 458. The Morgan fingerprint density at radius 1 is 1.53 bits per heavy atom. The summed E-state index contributed by atoms with van der Waals surface area (Å²) in [6.45, 7) is 1.62. The second-order valence-electron chi connectivity index (χ2n) is 4.66. The number of carbonyl (C=O) groups excluding carboxylic acids is 3. The molecule has 0 aromatic rings. The molecule has 6 heteroatoms. The molecule has 0 aliphatic carbocycles. The largest absolute Gasteiger partial charge is 0.360 e. The molecule has 90 valence electrons. The first-order chi connectivity index (χ1) is 8.03. The van der Waals surface area contributed by atoms with Crippen LogP contribution in [0.1, 0.15) is 6.92 Å². The van der Waals surface area contributed by atoms with Crippen LogP contribution < -0.4 is 10.6 Å². The van der Waals surface area contributed by atoms with Crippen molar-refractivity contribution in [3.63, 3.8) is 0 Å². The van der Waals surface area contributed by atoms with E-state index in [-0.39, 0.29) is 30.4 Å². The Morgan fingerprint density at radius 2 is 2.29 bits per heavy atom. The summed E-state index contributed by atoms with van der Waals surface area (Å²) in [5.41, 5.74) is -0.850. The lowest BCUT2D eigenvalue weighted by atomic mass is 9.77. The Morgan fingerprint density at radius 3 is 3.00 bits per heavy atom. The smallest absolute Gasteiger partial charge is 0.233 e. The van der Waals surface area contributed by atoms with Crippen molar-refractivity contribution in [3.8, 4) is 0 Å². The summed E-state index contributed by atoms with van der Waals surface area (Å²) >= 11 is 0. The molecule has 17 heavy (non-hydrogen) atoms. The highest BCUT2D eigenvalue weighted by Gasteiger charge is 2.65. The fourth-order valence-corrected chi connectivity index (χ4v) is 2.89. The van der Waals surface area contributed by atoms with Crippen molar-refractivity contribution in [2.24, 2.45) is 11.8 Å². The molecule has 0 unspecified atom stereocenters. The normalized spacial score (nSPS) is 41.6. The van der Waals surface area contributed by atoms with E-state index in [1.165, 1.54) is 6.92 Å². The molecule has 3 aliphatic heterocycles. The second kappa shape index (κ2) is 3.16. The molecule has 2 fully saturated rings. The third-order valence-corrected chi connectivity index (χ3v) is 3.61. The molecular formula is C11H12N2O4. The number of nitrogens with one attached hydrogen (secondary N) is 2. The van der Waals surface area contributed by atoms with Gasteiger partial charge in [0, 0.05) is 6.92 Å². The molecule has 6 nitrogen and oxygen atoms in total. The van der Waals surface area contributed by atoms with Crippen LogP contribution in [-0.4, -0.2) is 36.0 Å². The maximum atomic E-state index is 11.7. The third kappa shape index (κ3) is 1.27. The van der Waals surface area contributed by atoms with E-state index in [1.54, 1.807) is 12.2 Å². The Labute approximate surface area is 97.4 Å². The second-order valence-corrected chi connectivity index (χ2v) is 4.66. The number of carbonyl (C=O) groups is 3. The standard InChI is InChI=1S/C11H12N2O4/c1-5(14)12-4-11-3-2-6(17-11)7-8(11)10(16)13-9(7)15/h2-3,6-8H,4H2,1H3,(H,12,14)(H,13,15,16)/t6-,7-,8+,11-/m1/s1. The summed E-state index contributed by atoms with van der Waals surface area (Å²) in [5.74, 6) is -1.73. The Balaban J connectivity index is 1.91. The summed E-state index contributed by atoms with van der Waals surface area (Å²) in [7, 11) is 0. The van der Waals surface area contributed by atoms with E-state index in [9.17, 15) is 14.4 Å². The highest BCUT2D eigenvalue weighted by molar-refractivity contribution is 6.07. The predicted octanol–water partition coefficient (Wildman–Crippen LogP) is -1.28. The average molecular weight is 236 g/mol. The lowest BCUT2D eigenvalue weighted by molar-refractivity contribution is -0.131. The molecule has 0 spiro atoms. The predicted molar refractivity (Wildman–Crippen MR) is 55.6 cm³/mol. The van der Waals surface area contributed by atoms with E-state index >= 15 is 0 Å². The zero-order chi connectivity index (χ0) is 12.2. The molecule has 0 radical (unpaired) electrons. The van der Waals surface area contributed by atoms with Crippen LogP contribution in [0.5, 0.6) is 0 Å². The molecule has 3 amide bonds. The monoisotopic (exact) mass is 236 g/mol. The highest BCUT2D eigenvalue weighted by Crippen LogP contribution is 2.49. The van der Waals surface area contributed by atoms with Gasteiger partial charge in [0.15, 0.2) is 0 Å². The van der Waals surface area contributed by atoms with Crippen molar-refractivity contribution in [2.45, 2.75) is 18.6 Å². The van der Waals surface area contributed by atoms with Gasteiger partial charge in [0.25, 0.3) is 0 Å². The van der Waals surface area contributed by atoms with E-state index in [0.29, 0.717) is 0 Å². The van der Waals surface area contributed by atoms with Crippen molar-refractivity contribution in [2.75, 3.05) is 6.54 Å². The van der Waals surface area contributed by atoms with Crippen LogP contribution in [0.15, 0.2) is 12.2 Å². The number of hydrogen-bond acceptors (Lipinski definition) is 4. The van der Waals surface area contributed by atoms with Crippen LogP contribution in [0.3, 0.4) is 0 Å². The number of hydrogen-bond donors (Lipinski definition) is 2. The van der Waals surface area contributed by atoms with Crippen molar-refractivity contribution in [3.05, 3.63) is 12.2 Å². The quantitative estimate of drug-likeness (QED) is 0.462. The topological polar surface area (TPSA) is 84.5 Å². The molecule has 2 bridgehead atoms. The van der Waals surface area contributed by atoms with Gasteiger partial charge in [0.05, 0.1) is 24.5 Å². The fourth-order valence-electron chi connectivity index (χ4n) is 2.89. The molecular weight excluding hydrogens is 224 g/mol. The van der Waals surface area contributed by atoms with Gasteiger partial charge in [-0.05, 0) is 0 Å². The molecule has 2 N–H and O–H groups in total. The lowest BCUT2D eigenvalue weighted by Gasteiger charge is -2.27. The van der Waals surface area contributed by atoms with Crippen LogP contribution in [0.4, 0.5) is 0 Å². The zero-order valence-corrected chi connectivity index (χ0v) is 9.23. The minimum absolute atomic E-state index is 0.187. The van der Waals surface area contributed by atoms with E-state index < -0.39 is 17.4 Å². The van der Waals surface area contributed by atoms with Crippen LogP contribution in [0.25, 0.3) is 0 Å². The SMILES string of the molecule is CC(=O)NC[C@@]12C=C[C@@H](O1)[C@H]1C(=O)NC(=O)[C@H]12. The van der Waals surface area contributed by atoms with Crippen LogP contribution in [0, 0.1) is 11.8 Å². The summed E-state index contributed by atoms with van der Waals surface area (Å²) < 4.78 is 5.71. The summed E-state index contributed by atoms with van der Waals surface area (Å²) in [4.78, 5) is 34.3. The maximum Gasteiger partial charge on any atom is 0.233 e. The van der Waals surface area contributed by atoms with Crippen LogP contribution in [-0.2, 0) is 19.1 Å². The molecule has 3 aliphatic rings. The third-order valence-electron chi connectivity index (χ3n) is 3.61. The van der Waals surface area contributed by atoms with Gasteiger partial charge in [-0.15, -0.1) is 0 Å². The van der Waals surface area contributed by atoms with Gasteiger partial charge in [0.1, 0.15) is 5.60 Å². The molecule has 3 rings (SSSR count). The Hall–Kier alpha value is -1.69. The van der Waals surface area contributed by atoms with Crippen LogP contribution in [0.2, 0.25) is 0 Å². The minimum Gasteiger partial charge on any atom is -0.360 e. The highest BCUT2D eigenvalue weighted by atomic mass is 16.5. The first kappa shape index (κ1) is 10.5. The van der Waals surface area contributed by atoms with Gasteiger partial charge in [-0.2, -0.15) is 0 Å². The summed E-state index contributed by atoms with van der Waals surface area (Å²) in [6, 6.07) is 0. The molecule has 4 atom stereocenters. The maximum absolute atomic E-state index is 11.7. The van der Waals surface area contributed by atoms with Gasteiger partial charge >= 0.3 is 0 Å². The van der Waals surface area contributed by atoms with Gasteiger partial charge in [0.2, 0.25) is 17.7 Å². The molecule has 0 saturated carbocycles.